The van der Waals surface area contributed by atoms with Crippen LogP contribution in [0.25, 0.3) is 0 Å². The fourth-order valence-corrected chi connectivity index (χ4v) is 5.64. The second-order valence-corrected chi connectivity index (χ2v) is 11.1. The smallest absolute Gasteiger partial charge is 0.264 e. The summed E-state index contributed by atoms with van der Waals surface area (Å²) in [6, 6.07) is 21.8. The summed E-state index contributed by atoms with van der Waals surface area (Å²) >= 11 is 0. The van der Waals surface area contributed by atoms with Crippen LogP contribution < -0.4 is 9.62 Å². The van der Waals surface area contributed by atoms with Crippen LogP contribution in [0.1, 0.15) is 46.3 Å². The number of piperidine rings is 1. The molecule has 1 amide bonds. The molecule has 184 valence electrons. The Morgan fingerprint density at radius 1 is 0.914 bits per heavy atom. The molecule has 0 unspecified atom stereocenters. The van der Waals surface area contributed by atoms with Gasteiger partial charge in [-0.2, -0.15) is 0 Å². The SMILES string of the molecule is Cc1ccc(S(=O)(=O)N(C)c2ccccc2C(=O)NCc2cccc(CN3CCCCC3)c2)cc1. The molecule has 3 aromatic carbocycles. The number of benzene rings is 3. The van der Waals surface area contributed by atoms with E-state index in [4.69, 9.17) is 0 Å². The number of sulfonamides is 1. The zero-order chi connectivity index (χ0) is 24.8. The van der Waals surface area contributed by atoms with Crippen molar-refractivity contribution >= 4 is 21.6 Å². The Bertz CT molecular complexity index is 1270. The number of anilines is 1. The summed E-state index contributed by atoms with van der Waals surface area (Å²) in [6.07, 6.45) is 3.82. The third-order valence-corrected chi connectivity index (χ3v) is 8.25. The molecule has 7 heteroatoms. The monoisotopic (exact) mass is 491 g/mol. The summed E-state index contributed by atoms with van der Waals surface area (Å²) < 4.78 is 27.6. The largest absolute Gasteiger partial charge is 0.348 e. The lowest BCUT2D eigenvalue weighted by Gasteiger charge is -2.26. The predicted molar refractivity (Wildman–Crippen MR) is 140 cm³/mol. The van der Waals surface area contributed by atoms with Crippen LogP contribution in [-0.2, 0) is 23.1 Å². The van der Waals surface area contributed by atoms with Crippen LogP contribution in [0, 0.1) is 6.92 Å². The number of rotatable bonds is 8. The maximum absolute atomic E-state index is 13.2. The minimum absolute atomic E-state index is 0.186. The average molecular weight is 492 g/mol. The van der Waals surface area contributed by atoms with Crippen molar-refractivity contribution in [2.75, 3.05) is 24.4 Å². The number of nitrogens with one attached hydrogen (secondary N) is 1. The molecule has 1 saturated heterocycles. The highest BCUT2D eigenvalue weighted by atomic mass is 32.2. The third kappa shape index (κ3) is 6.10. The summed E-state index contributed by atoms with van der Waals surface area (Å²) in [6.45, 7) is 5.47. The first-order valence-electron chi connectivity index (χ1n) is 12.1. The van der Waals surface area contributed by atoms with Gasteiger partial charge in [-0.25, -0.2) is 8.42 Å². The van der Waals surface area contributed by atoms with Gasteiger partial charge in [-0.05, 0) is 68.2 Å². The molecule has 0 spiro atoms. The Hall–Kier alpha value is -3.16. The van der Waals surface area contributed by atoms with E-state index in [-0.39, 0.29) is 10.8 Å². The van der Waals surface area contributed by atoms with Gasteiger partial charge < -0.3 is 5.32 Å². The summed E-state index contributed by atoms with van der Waals surface area (Å²) in [7, 11) is -2.33. The van der Waals surface area contributed by atoms with Gasteiger partial charge in [-0.15, -0.1) is 0 Å². The Kier molecular flexibility index (Phi) is 7.88. The van der Waals surface area contributed by atoms with Crippen LogP contribution in [0.4, 0.5) is 5.69 Å². The van der Waals surface area contributed by atoms with Crippen LogP contribution in [0.5, 0.6) is 0 Å². The highest BCUT2D eigenvalue weighted by Gasteiger charge is 2.25. The third-order valence-electron chi connectivity index (χ3n) is 6.47. The molecule has 3 aromatic rings. The van der Waals surface area contributed by atoms with E-state index in [0.29, 0.717) is 17.8 Å². The summed E-state index contributed by atoms with van der Waals surface area (Å²) in [5.74, 6) is -0.312. The highest BCUT2D eigenvalue weighted by molar-refractivity contribution is 7.92. The molecule has 0 radical (unpaired) electrons. The number of carbonyl (C=O) groups is 1. The van der Waals surface area contributed by atoms with E-state index in [1.165, 1.54) is 36.2 Å². The standard InChI is InChI=1S/C28H33N3O3S/c1-22-13-15-25(16-14-22)35(33,34)30(2)27-12-5-4-11-26(27)28(32)29-20-23-9-8-10-24(19-23)21-31-17-6-3-7-18-31/h4-5,8-16,19H,3,6-7,17-18,20-21H2,1-2H3,(H,29,32). The van der Waals surface area contributed by atoms with E-state index in [2.05, 4.69) is 22.3 Å². The lowest BCUT2D eigenvalue weighted by atomic mass is 10.1. The summed E-state index contributed by atoms with van der Waals surface area (Å²) in [5.41, 5.74) is 3.89. The van der Waals surface area contributed by atoms with Gasteiger partial charge in [-0.1, -0.05) is 60.5 Å². The summed E-state index contributed by atoms with van der Waals surface area (Å²) in [5, 5.41) is 2.97. The Morgan fingerprint density at radius 3 is 2.34 bits per heavy atom. The van der Waals surface area contributed by atoms with E-state index >= 15 is 0 Å². The van der Waals surface area contributed by atoms with Crippen molar-refractivity contribution in [1.29, 1.82) is 0 Å². The highest BCUT2D eigenvalue weighted by Crippen LogP contribution is 2.26. The number of carbonyl (C=O) groups excluding carboxylic acids is 1. The Balaban J connectivity index is 1.46. The molecule has 0 aromatic heterocycles. The molecule has 0 atom stereocenters. The number of hydrogen-bond acceptors (Lipinski definition) is 4. The maximum Gasteiger partial charge on any atom is 0.264 e. The van der Waals surface area contributed by atoms with Crippen molar-refractivity contribution in [2.45, 2.75) is 44.2 Å². The molecule has 6 nitrogen and oxygen atoms in total. The van der Waals surface area contributed by atoms with Crippen LogP contribution in [0.15, 0.2) is 77.7 Å². The number of amides is 1. The lowest BCUT2D eigenvalue weighted by Crippen LogP contribution is -2.31. The van der Waals surface area contributed by atoms with Crippen molar-refractivity contribution in [3.63, 3.8) is 0 Å². The molecule has 1 aliphatic rings. The van der Waals surface area contributed by atoms with Crippen LogP contribution in [0.3, 0.4) is 0 Å². The van der Waals surface area contributed by atoms with E-state index < -0.39 is 10.0 Å². The second-order valence-electron chi connectivity index (χ2n) is 9.14. The van der Waals surface area contributed by atoms with Gasteiger partial charge in [0.05, 0.1) is 16.1 Å². The molecular weight excluding hydrogens is 458 g/mol. The molecule has 4 rings (SSSR count). The van der Waals surface area contributed by atoms with E-state index in [0.717, 1.165) is 30.8 Å². The van der Waals surface area contributed by atoms with Gasteiger partial charge in [-0.3, -0.25) is 14.0 Å². The van der Waals surface area contributed by atoms with E-state index in [9.17, 15) is 13.2 Å². The van der Waals surface area contributed by atoms with Crippen molar-refractivity contribution in [1.82, 2.24) is 10.2 Å². The zero-order valence-corrected chi connectivity index (χ0v) is 21.2. The quantitative estimate of drug-likeness (QED) is 0.494. The minimum Gasteiger partial charge on any atom is -0.348 e. The Morgan fingerprint density at radius 2 is 1.60 bits per heavy atom. The van der Waals surface area contributed by atoms with Gasteiger partial charge in [0.1, 0.15) is 0 Å². The molecule has 0 saturated carbocycles. The number of aryl methyl sites for hydroxylation is 1. The number of para-hydroxylation sites is 1. The molecule has 0 bridgehead atoms. The number of nitrogens with zero attached hydrogens (tertiary/aromatic N) is 2. The first-order valence-corrected chi connectivity index (χ1v) is 13.5. The van der Waals surface area contributed by atoms with Crippen molar-refractivity contribution in [2.24, 2.45) is 0 Å². The van der Waals surface area contributed by atoms with Crippen molar-refractivity contribution in [3.8, 4) is 0 Å². The predicted octanol–water partition coefficient (Wildman–Crippen LogP) is 4.74. The molecular formula is C28H33N3O3S. The van der Waals surface area contributed by atoms with Gasteiger partial charge in [0.25, 0.3) is 15.9 Å². The topological polar surface area (TPSA) is 69.7 Å². The number of hydrogen-bond donors (Lipinski definition) is 1. The molecule has 0 aliphatic carbocycles. The Labute approximate surface area is 208 Å². The lowest BCUT2D eigenvalue weighted by molar-refractivity contribution is 0.0951. The summed E-state index contributed by atoms with van der Waals surface area (Å²) in [4.78, 5) is 15.8. The molecule has 35 heavy (non-hydrogen) atoms. The maximum atomic E-state index is 13.2. The molecule has 1 fully saturated rings. The van der Waals surface area contributed by atoms with E-state index in [1.54, 1.807) is 48.5 Å². The van der Waals surface area contributed by atoms with Gasteiger partial charge in [0, 0.05) is 20.1 Å². The van der Waals surface area contributed by atoms with Gasteiger partial charge >= 0.3 is 0 Å². The second kappa shape index (κ2) is 11.1. The van der Waals surface area contributed by atoms with Crippen LogP contribution in [0.2, 0.25) is 0 Å². The number of likely N-dealkylation sites (tertiary alicyclic amines) is 1. The van der Waals surface area contributed by atoms with E-state index in [1.807, 2.05) is 19.1 Å². The zero-order valence-electron chi connectivity index (χ0n) is 20.4. The van der Waals surface area contributed by atoms with Crippen molar-refractivity contribution in [3.05, 3.63) is 95.1 Å². The van der Waals surface area contributed by atoms with Gasteiger partial charge in [0.15, 0.2) is 0 Å². The van der Waals surface area contributed by atoms with Gasteiger partial charge in [0.2, 0.25) is 0 Å². The van der Waals surface area contributed by atoms with Crippen LogP contribution >= 0.6 is 0 Å². The van der Waals surface area contributed by atoms with Crippen molar-refractivity contribution < 1.29 is 13.2 Å². The first-order chi connectivity index (χ1) is 16.8. The minimum atomic E-state index is -3.80. The first kappa shape index (κ1) is 24.9. The van der Waals surface area contributed by atoms with Crippen LogP contribution in [-0.4, -0.2) is 39.4 Å². The normalized spacial score (nSPS) is 14.5. The average Bonchev–Trinajstić information content (AvgIpc) is 2.88. The fraction of sp³-hybridized carbons (Fsp3) is 0.321. The molecule has 1 aliphatic heterocycles. The fourth-order valence-electron chi connectivity index (χ4n) is 4.43. The molecule has 1 N–H and O–H groups in total. The molecule has 1 heterocycles.